The first-order valence-electron chi connectivity index (χ1n) is 6.26. The van der Waals surface area contributed by atoms with E-state index in [-0.39, 0.29) is 12.0 Å². The Morgan fingerprint density at radius 1 is 1.44 bits per heavy atom. The van der Waals surface area contributed by atoms with Crippen molar-refractivity contribution in [3.05, 3.63) is 29.8 Å². The number of benzene rings is 1. The van der Waals surface area contributed by atoms with Crippen LogP contribution < -0.4 is 4.74 Å². The van der Waals surface area contributed by atoms with Gasteiger partial charge in [0.25, 0.3) is 5.91 Å². The van der Waals surface area contributed by atoms with Gasteiger partial charge in [0.1, 0.15) is 5.75 Å². The Morgan fingerprint density at radius 2 is 2.11 bits per heavy atom. The number of hydrogen-bond donors (Lipinski definition) is 1. The highest BCUT2D eigenvalue weighted by atomic mass is 16.5. The van der Waals surface area contributed by atoms with Crippen LogP contribution in [0.4, 0.5) is 0 Å². The molecular weight excluding hydrogens is 230 g/mol. The summed E-state index contributed by atoms with van der Waals surface area (Å²) in [4.78, 5) is 13.7. The average Bonchev–Trinajstić information content (AvgIpc) is 2.78. The molecule has 1 saturated heterocycles. The van der Waals surface area contributed by atoms with Gasteiger partial charge in [-0.15, -0.1) is 0 Å². The summed E-state index contributed by atoms with van der Waals surface area (Å²) in [6.07, 6.45) is -0.248. The van der Waals surface area contributed by atoms with Crippen LogP contribution in [0.5, 0.6) is 5.75 Å². The maximum Gasteiger partial charge on any atom is 0.263 e. The summed E-state index contributed by atoms with van der Waals surface area (Å²) >= 11 is 0. The number of hydrogen-bond acceptors (Lipinski definition) is 3. The van der Waals surface area contributed by atoms with Crippen LogP contribution in [0.25, 0.3) is 0 Å². The van der Waals surface area contributed by atoms with Crippen LogP contribution in [0.2, 0.25) is 0 Å². The molecule has 1 aromatic carbocycles. The molecule has 0 saturated carbocycles. The maximum atomic E-state index is 12.1. The van der Waals surface area contributed by atoms with Gasteiger partial charge in [0.15, 0.2) is 6.10 Å². The Morgan fingerprint density at radius 3 is 2.67 bits per heavy atom. The van der Waals surface area contributed by atoms with E-state index in [2.05, 4.69) is 0 Å². The molecule has 1 aliphatic heterocycles. The second-order valence-electron chi connectivity index (χ2n) is 4.80. The molecule has 98 valence electrons. The molecule has 4 nitrogen and oxygen atoms in total. The predicted octanol–water partition coefficient (Wildman–Crippen LogP) is 1.36. The summed E-state index contributed by atoms with van der Waals surface area (Å²) < 4.78 is 5.61. The third-order valence-electron chi connectivity index (χ3n) is 3.16. The molecule has 4 heteroatoms. The summed E-state index contributed by atoms with van der Waals surface area (Å²) in [5, 5.41) is 9.42. The Hall–Kier alpha value is -1.55. The van der Waals surface area contributed by atoms with Crippen LogP contribution in [-0.2, 0) is 4.79 Å². The van der Waals surface area contributed by atoms with Gasteiger partial charge in [-0.3, -0.25) is 4.79 Å². The van der Waals surface area contributed by atoms with Gasteiger partial charge in [0.05, 0.1) is 6.10 Å². The summed E-state index contributed by atoms with van der Waals surface area (Å²) in [5.74, 6) is 0.633. The largest absolute Gasteiger partial charge is 0.481 e. The highest BCUT2D eigenvalue weighted by Gasteiger charge is 2.28. The molecule has 2 unspecified atom stereocenters. The van der Waals surface area contributed by atoms with Gasteiger partial charge in [-0.05, 0) is 32.4 Å². The van der Waals surface area contributed by atoms with E-state index < -0.39 is 6.10 Å². The minimum Gasteiger partial charge on any atom is -0.481 e. The Kier molecular flexibility index (Phi) is 3.87. The zero-order valence-electron chi connectivity index (χ0n) is 10.8. The van der Waals surface area contributed by atoms with Crippen molar-refractivity contribution >= 4 is 5.91 Å². The molecule has 1 aliphatic rings. The molecule has 1 heterocycles. The van der Waals surface area contributed by atoms with Gasteiger partial charge in [0, 0.05) is 13.1 Å². The molecule has 0 radical (unpaired) electrons. The quantitative estimate of drug-likeness (QED) is 0.880. The zero-order valence-corrected chi connectivity index (χ0v) is 10.8. The fraction of sp³-hybridized carbons (Fsp3) is 0.500. The van der Waals surface area contributed by atoms with Crippen molar-refractivity contribution in [1.29, 1.82) is 0 Å². The van der Waals surface area contributed by atoms with Crippen LogP contribution in [0.3, 0.4) is 0 Å². The predicted molar refractivity (Wildman–Crippen MR) is 68.5 cm³/mol. The summed E-state index contributed by atoms with van der Waals surface area (Å²) in [7, 11) is 0. The molecule has 2 atom stereocenters. The van der Waals surface area contributed by atoms with Crippen molar-refractivity contribution < 1.29 is 14.6 Å². The Bertz CT molecular complexity index is 416. The minimum absolute atomic E-state index is 0.0628. The maximum absolute atomic E-state index is 12.1. The smallest absolute Gasteiger partial charge is 0.263 e. The molecular formula is C14H19NO3. The molecule has 1 fully saturated rings. The highest BCUT2D eigenvalue weighted by molar-refractivity contribution is 5.81. The summed E-state index contributed by atoms with van der Waals surface area (Å²) in [6, 6.07) is 7.62. The third kappa shape index (κ3) is 3.01. The van der Waals surface area contributed by atoms with Crippen molar-refractivity contribution in [3.8, 4) is 5.75 Å². The number of carbonyl (C=O) groups excluding carboxylic acids is 1. The molecule has 1 amide bonds. The average molecular weight is 249 g/mol. The monoisotopic (exact) mass is 249 g/mol. The third-order valence-corrected chi connectivity index (χ3v) is 3.16. The van der Waals surface area contributed by atoms with Crippen LogP contribution in [-0.4, -0.2) is 41.2 Å². The van der Waals surface area contributed by atoms with Crippen LogP contribution in [0.15, 0.2) is 24.3 Å². The number of aliphatic hydroxyl groups is 1. The number of carbonyl (C=O) groups is 1. The number of rotatable bonds is 3. The lowest BCUT2D eigenvalue weighted by atomic mass is 10.2. The molecule has 18 heavy (non-hydrogen) atoms. The van der Waals surface area contributed by atoms with E-state index in [0.29, 0.717) is 25.3 Å². The number of amides is 1. The lowest BCUT2D eigenvalue weighted by Gasteiger charge is -2.21. The number of nitrogens with zero attached hydrogens (tertiary/aromatic N) is 1. The minimum atomic E-state index is -0.516. The number of β-amino-alcohol motifs (C(OH)–C–C–N with tert-alkyl or cyclic N) is 1. The molecule has 0 aromatic heterocycles. The van der Waals surface area contributed by atoms with E-state index in [4.69, 9.17) is 4.74 Å². The zero-order chi connectivity index (χ0) is 13.1. The van der Waals surface area contributed by atoms with Gasteiger partial charge in [0.2, 0.25) is 0 Å². The van der Waals surface area contributed by atoms with E-state index in [9.17, 15) is 9.90 Å². The highest BCUT2D eigenvalue weighted by Crippen LogP contribution is 2.16. The van der Waals surface area contributed by atoms with Crippen molar-refractivity contribution in [2.75, 3.05) is 13.1 Å². The molecule has 1 N–H and O–H groups in total. The van der Waals surface area contributed by atoms with Crippen molar-refractivity contribution in [2.24, 2.45) is 0 Å². The van der Waals surface area contributed by atoms with Gasteiger partial charge in [-0.25, -0.2) is 0 Å². The number of aryl methyl sites for hydroxylation is 1. The second kappa shape index (κ2) is 5.40. The van der Waals surface area contributed by atoms with Gasteiger partial charge >= 0.3 is 0 Å². The first-order chi connectivity index (χ1) is 8.56. The number of likely N-dealkylation sites (tertiary alicyclic amines) is 1. The Labute approximate surface area is 107 Å². The van der Waals surface area contributed by atoms with Crippen molar-refractivity contribution in [1.82, 2.24) is 4.90 Å². The standard InChI is InChI=1S/C14H19NO3/c1-10-3-5-13(6-4-10)18-11(2)14(17)15-8-7-12(16)9-15/h3-6,11-12,16H,7-9H2,1-2H3. The fourth-order valence-electron chi connectivity index (χ4n) is 2.07. The van der Waals surface area contributed by atoms with Crippen LogP contribution in [0.1, 0.15) is 18.9 Å². The molecule has 0 aliphatic carbocycles. The first kappa shape index (κ1) is 12.9. The van der Waals surface area contributed by atoms with E-state index in [1.165, 1.54) is 0 Å². The molecule has 0 bridgehead atoms. The molecule has 0 spiro atoms. The van der Waals surface area contributed by atoms with Gasteiger partial charge in [-0.1, -0.05) is 17.7 Å². The van der Waals surface area contributed by atoms with Crippen LogP contribution in [0, 0.1) is 6.92 Å². The van der Waals surface area contributed by atoms with Crippen LogP contribution >= 0.6 is 0 Å². The molecule has 1 aromatic rings. The normalized spacial score (nSPS) is 20.8. The summed E-state index contributed by atoms with van der Waals surface area (Å²) in [5.41, 5.74) is 1.16. The summed E-state index contributed by atoms with van der Waals surface area (Å²) in [6.45, 7) is 4.78. The van der Waals surface area contributed by atoms with E-state index in [1.54, 1.807) is 11.8 Å². The number of ether oxygens (including phenoxy) is 1. The van der Waals surface area contributed by atoms with E-state index >= 15 is 0 Å². The first-order valence-corrected chi connectivity index (χ1v) is 6.26. The Balaban J connectivity index is 1.93. The van der Waals surface area contributed by atoms with E-state index in [0.717, 1.165) is 5.56 Å². The van der Waals surface area contributed by atoms with E-state index in [1.807, 2.05) is 31.2 Å². The lowest BCUT2D eigenvalue weighted by molar-refractivity contribution is -0.137. The second-order valence-corrected chi connectivity index (χ2v) is 4.80. The lowest BCUT2D eigenvalue weighted by Crippen LogP contribution is -2.39. The fourth-order valence-corrected chi connectivity index (χ4v) is 2.07. The van der Waals surface area contributed by atoms with Crippen molar-refractivity contribution in [3.63, 3.8) is 0 Å². The number of aliphatic hydroxyl groups excluding tert-OH is 1. The topological polar surface area (TPSA) is 49.8 Å². The van der Waals surface area contributed by atoms with Crippen molar-refractivity contribution in [2.45, 2.75) is 32.5 Å². The van der Waals surface area contributed by atoms with Gasteiger partial charge in [-0.2, -0.15) is 0 Å². The SMILES string of the molecule is Cc1ccc(OC(C)C(=O)N2CCC(O)C2)cc1. The van der Waals surface area contributed by atoms with Gasteiger partial charge < -0.3 is 14.7 Å². The molecule has 2 rings (SSSR count).